The summed E-state index contributed by atoms with van der Waals surface area (Å²) in [6.45, 7) is 4.55. The minimum Gasteiger partial charge on any atom is -0.388 e. The van der Waals surface area contributed by atoms with Crippen LogP contribution in [0, 0.1) is 5.92 Å². The van der Waals surface area contributed by atoms with Crippen molar-refractivity contribution in [3.8, 4) is 0 Å². The Morgan fingerprint density at radius 1 is 1.71 bits per heavy atom. The molecule has 1 aliphatic carbocycles. The van der Waals surface area contributed by atoms with Crippen LogP contribution in [0.1, 0.15) is 24.5 Å². The van der Waals surface area contributed by atoms with E-state index >= 15 is 0 Å². The van der Waals surface area contributed by atoms with Gasteiger partial charge in [0.1, 0.15) is 0 Å². The molecule has 14 heavy (non-hydrogen) atoms. The lowest BCUT2D eigenvalue weighted by Crippen LogP contribution is -1.98. The van der Waals surface area contributed by atoms with Crippen molar-refractivity contribution in [1.29, 1.82) is 0 Å². The molecule has 0 aromatic carbocycles. The van der Waals surface area contributed by atoms with Gasteiger partial charge in [-0.3, -0.25) is 0 Å². The van der Waals surface area contributed by atoms with E-state index in [0.29, 0.717) is 5.92 Å². The number of aliphatic hydroxyl groups excluding tert-OH is 1. The van der Waals surface area contributed by atoms with Crippen LogP contribution in [0.2, 0.25) is 0 Å². The van der Waals surface area contributed by atoms with E-state index in [4.69, 9.17) is 0 Å². The molecule has 76 valence electrons. The molecule has 2 nitrogen and oxygen atoms in total. The van der Waals surface area contributed by atoms with Crippen LogP contribution in [0.3, 0.4) is 0 Å². The maximum atomic E-state index is 9.86. The lowest BCUT2D eigenvalue weighted by molar-refractivity contribution is 0.154. The first kappa shape index (κ1) is 9.99. The summed E-state index contributed by atoms with van der Waals surface area (Å²) in [5.74, 6) is 0.498. The molecule has 0 saturated heterocycles. The SMILES string of the molecule is C=C(Br)Cn1ccc(C(O)C2CC2)c1. The second-order valence-corrected chi connectivity index (χ2v) is 5.04. The van der Waals surface area contributed by atoms with Crippen LogP contribution in [-0.2, 0) is 6.54 Å². The van der Waals surface area contributed by atoms with Gasteiger partial charge in [0.15, 0.2) is 0 Å². The van der Waals surface area contributed by atoms with Crippen LogP contribution >= 0.6 is 15.9 Å². The largest absolute Gasteiger partial charge is 0.388 e. The lowest BCUT2D eigenvalue weighted by Gasteiger charge is -2.05. The lowest BCUT2D eigenvalue weighted by atomic mass is 10.1. The molecular weight excluding hydrogens is 242 g/mol. The van der Waals surface area contributed by atoms with Gasteiger partial charge in [0.25, 0.3) is 0 Å². The smallest absolute Gasteiger partial charge is 0.0832 e. The number of nitrogens with zero attached hydrogens (tertiary/aromatic N) is 1. The summed E-state index contributed by atoms with van der Waals surface area (Å²) < 4.78 is 2.97. The van der Waals surface area contributed by atoms with Crippen LogP contribution in [0.15, 0.2) is 29.5 Å². The Hall–Kier alpha value is -0.540. The molecule has 1 unspecified atom stereocenters. The molecule has 1 aromatic rings. The Kier molecular flexibility index (Phi) is 2.79. The predicted molar refractivity (Wildman–Crippen MR) is 60.2 cm³/mol. The van der Waals surface area contributed by atoms with E-state index in [2.05, 4.69) is 22.5 Å². The van der Waals surface area contributed by atoms with Gasteiger partial charge in [0.2, 0.25) is 0 Å². The van der Waals surface area contributed by atoms with Gasteiger partial charge in [-0.2, -0.15) is 0 Å². The van der Waals surface area contributed by atoms with Crippen molar-refractivity contribution < 1.29 is 5.11 Å². The number of allylic oxidation sites excluding steroid dienone is 1. The zero-order valence-corrected chi connectivity index (χ0v) is 9.57. The van der Waals surface area contributed by atoms with Gasteiger partial charge in [-0.25, -0.2) is 0 Å². The average molecular weight is 256 g/mol. The minimum atomic E-state index is -0.264. The molecular formula is C11H14BrNO. The number of hydrogen-bond donors (Lipinski definition) is 1. The average Bonchev–Trinajstić information content (AvgIpc) is 2.86. The molecule has 2 rings (SSSR count). The minimum absolute atomic E-state index is 0.264. The van der Waals surface area contributed by atoms with Crippen LogP contribution in [0.5, 0.6) is 0 Å². The Morgan fingerprint density at radius 2 is 2.43 bits per heavy atom. The molecule has 1 aromatic heterocycles. The maximum Gasteiger partial charge on any atom is 0.0832 e. The van der Waals surface area contributed by atoms with E-state index in [1.54, 1.807) is 0 Å². The van der Waals surface area contributed by atoms with Gasteiger partial charge in [0, 0.05) is 16.9 Å². The van der Waals surface area contributed by atoms with E-state index in [9.17, 15) is 5.11 Å². The van der Waals surface area contributed by atoms with E-state index < -0.39 is 0 Å². The number of halogens is 1. The summed E-state index contributed by atoms with van der Waals surface area (Å²) in [6, 6.07) is 1.99. The Balaban J connectivity index is 2.04. The van der Waals surface area contributed by atoms with Crippen LogP contribution in [0.4, 0.5) is 0 Å². The van der Waals surface area contributed by atoms with Crippen molar-refractivity contribution in [3.63, 3.8) is 0 Å². The zero-order chi connectivity index (χ0) is 10.1. The Labute approximate surface area is 92.4 Å². The van der Waals surface area contributed by atoms with E-state index in [1.165, 1.54) is 0 Å². The first-order valence-electron chi connectivity index (χ1n) is 4.84. The maximum absolute atomic E-state index is 9.86. The second-order valence-electron chi connectivity index (χ2n) is 3.92. The van der Waals surface area contributed by atoms with E-state index in [0.717, 1.165) is 29.4 Å². The molecule has 1 aliphatic rings. The monoisotopic (exact) mass is 255 g/mol. The first-order valence-corrected chi connectivity index (χ1v) is 5.63. The summed E-state index contributed by atoms with van der Waals surface area (Å²) in [7, 11) is 0. The Bertz CT molecular complexity index is 341. The van der Waals surface area contributed by atoms with Crippen molar-refractivity contribution in [3.05, 3.63) is 35.1 Å². The Morgan fingerprint density at radius 3 is 3.00 bits per heavy atom. The molecule has 1 saturated carbocycles. The normalized spacial score (nSPS) is 18.1. The molecule has 1 atom stereocenters. The highest BCUT2D eigenvalue weighted by molar-refractivity contribution is 9.11. The summed E-state index contributed by atoms with van der Waals surface area (Å²) in [4.78, 5) is 0. The number of hydrogen-bond acceptors (Lipinski definition) is 1. The van der Waals surface area contributed by atoms with E-state index in [-0.39, 0.29) is 6.10 Å². The highest BCUT2D eigenvalue weighted by atomic mass is 79.9. The zero-order valence-electron chi connectivity index (χ0n) is 7.99. The third-order valence-electron chi connectivity index (χ3n) is 2.54. The molecule has 0 spiro atoms. The molecule has 1 fully saturated rings. The standard InChI is InChI=1S/C11H14BrNO/c1-8(12)6-13-5-4-10(7-13)11(14)9-2-3-9/h4-5,7,9,11,14H,1-3,6H2. The highest BCUT2D eigenvalue weighted by Crippen LogP contribution is 2.40. The second kappa shape index (κ2) is 3.91. The van der Waals surface area contributed by atoms with Gasteiger partial charge < -0.3 is 9.67 Å². The fourth-order valence-electron chi connectivity index (χ4n) is 1.61. The van der Waals surface area contributed by atoms with Gasteiger partial charge in [0.05, 0.1) is 12.6 Å². The molecule has 0 radical (unpaired) electrons. The third-order valence-corrected chi connectivity index (χ3v) is 2.79. The van der Waals surface area contributed by atoms with Gasteiger partial charge in [-0.05, 0) is 30.4 Å². The van der Waals surface area contributed by atoms with Crippen LogP contribution in [0.25, 0.3) is 0 Å². The van der Waals surface area contributed by atoms with Gasteiger partial charge in [-0.1, -0.05) is 22.5 Å². The fourth-order valence-corrected chi connectivity index (χ4v) is 1.90. The summed E-state index contributed by atoms with van der Waals surface area (Å²) in [5.41, 5.74) is 1.03. The molecule has 3 heteroatoms. The molecule has 0 bridgehead atoms. The quantitative estimate of drug-likeness (QED) is 0.880. The van der Waals surface area contributed by atoms with Crippen molar-refractivity contribution >= 4 is 15.9 Å². The molecule has 1 heterocycles. The number of rotatable bonds is 4. The molecule has 0 amide bonds. The molecule has 0 aliphatic heterocycles. The molecule has 1 N–H and O–H groups in total. The highest BCUT2D eigenvalue weighted by Gasteiger charge is 2.31. The third kappa shape index (κ3) is 2.28. The predicted octanol–water partition coefficient (Wildman–Crippen LogP) is 2.84. The van der Waals surface area contributed by atoms with Crippen LogP contribution in [-0.4, -0.2) is 9.67 Å². The van der Waals surface area contributed by atoms with Gasteiger partial charge >= 0.3 is 0 Å². The van der Waals surface area contributed by atoms with Crippen molar-refractivity contribution in [2.24, 2.45) is 5.92 Å². The first-order chi connectivity index (χ1) is 6.66. The topological polar surface area (TPSA) is 25.2 Å². The van der Waals surface area contributed by atoms with Crippen molar-refractivity contribution in [1.82, 2.24) is 4.57 Å². The fraction of sp³-hybridized carbons (Fsp3) is 0.455. The summed E-state index contributed by atoms with van der Waals surface area (Å²) in [5, 5.41) is 9.86. The van der Waals surface area contributed by atoms with E-state index in [1.807, 2.05) is 23.0 Å². The number of aliphatic hydroxyl groups is 1. The summed E-state index contributed by atoms with van der Waals surface area (Å²) >= 11 is 3.32. The summed E-state index contributed by atoms with van der Waals surface area (Å²) in [6.07, 6.45) is 6.04. The van der Waals surface area contributed by atoms with Gasteiger partial charge in [-0.15, -0.1) is 0 Å². The van der Waals surface area contributed by atoms with Crippen molar-refractivity contribution in [2.75, 3.05) is 0 Å². The van der Waals surface area contributed by atoms with Crippen LogP contribution < -0.4 is 0 Å². The number of aromatic nitrogens is 1. The van der Waals surface area contributed by atoms with Crippen molar-refractivity contribution in [2.45, 2.75) is 25.5 Å².